The van der Waals surface area contributed by atoms with Crippen LogP contribution in [0.15, 0.2) is 12.2 Å². The summed E-state index contributed by atoms with van der Waals surface area (Å²) in [4.78, 5) is 0. The lowest BCUT2D eigenvalue weighted by molar-refractivity contribution is 0.107. The Hall–Kier alpha value is -0.163. The first kappa shape index (κ1) is 11.8. The first-order chi connectivity index (χ1) is 5.74. The zero-order chi connectivity index (χ0) is 9.45. The van der Waals surface area contributed by atoms with Gasteiger partial charge in [-0.3, -0.25) is 0 Å². The second kappa shape index (κ2) is 6.36. The molecule has 0 unspecified atom stereocenters. The highest BCUT2D eigenvalue weighted by atomic mass is 28.4. The molecule has 0 aliphatic carbocycles. The molecule has 0 aromatic carbocycles. The first-order valence-corrected chi connectivity index (χ1v) is 6.03. The molecule has 0 aromatic heterocycles. The molecule has 12 heavy (non-hydrogen) atoms. The Morgan fingerprint density at radius 3 is 2.17 bits per heavy atom. The van der Waals surface area contributed by atoms with E-state index in [4.69, 9.17) is 13.3 Å². The molecule has 0 rings (SSSR count). The summed E-state index contributed by atoms with van der Waals surface area (Å²) < 4.78 is 16.0. The third-order valence-electron chi connectivity index (χ3n) is 1.59. The largest absolute Gasteiger partial charge is 0.504 e. The van der Waals surface area contributed by atoms with Crippen molar-refractivity contribution in [2.24, 2.45) is 0 Å². The van der Waals surface area contributed by atoms with Crippen LogP contribution in [0, 0.1) is 0 Å². The Morgan fingerprint density at radius 2 is 1.83 bits per heavy atom. The fraction of sp³-hybridized carbons (Fsp3) is 0.750. The Balaban J connectivity index is 4.13. The quantitative estimate of drug-likeness (QED) is 0.472. The zero-order valence-electron chi connectivity index (χ0n) is 8.29. The van der Waals surface area contributed by atoms with E-state index in [0.717, 1.165) is 6.04 Å². The number of rotatable bonds is 6. The highest BCUT2D eigenvalue weighted by Gasteiger charge is 2.36. The zero-order valence-corrected chi connectivity index (χ0v) is 9.29. The standard InChI is InChI=1S/C8H18O3Si/c1-5-7-8-12(9-3,10-4)11-6-2/h5,7H,6,8H2,1-4H3. The fourth-order valence-corrected chi connectivity index (χ4v) is 2.73. The molecule has 0 saturated carbocycles. The SMILES string of the molecule is CC=CC[Si](OC)(OC)OCC. The van der Waals surface area contributed by atoms with Crippen molar-refractivity contribution < 1.29 is 13.3 Å². The number of allylic oxidation sites excluding steroid dienone is 2. The maximum Gasteiger partial charge on any atom is 0.504 e. The summed E-state index contributed by atoms with van der Waals surface area (Å²) in [7, 11) is 0.916. The smallest absolute Gasteiger partial charge is 0.377 e. The molecule has 0 atom stereocenters. The summed E-state index contributed by atoms with van der Waals surface area (Å²) in [5.41, 5.74) is 0. The van der Waals surface area contributed by atoms with E-state index in [1.807, 2.05) is 26.0 Å². The van der Waals surface area contributed by atoms with Gasteiger partial charge in [-0.15, -0.1) is 0 Å². The Kier molecular flexibility index (Phi) is 6.28. The van der Waals surface area contributed by atoms with E-state index < -0.39 is 8.80 Å². The lowest BCUT2D eigenvalue weighted by Crippen LogP contribution is -2.43. The second-order valence-corrected chi connectivity index (χ2v) is 5.18. The Bertz CT molecular complexity index is 132. The van der Waals surface area contributed by atoms with Crippen molar-refractivity contribution in [1.29, 1.82) is 0 Å². The van der Waals surface area contributed by atoms with Gasteiger partial charge in [0.15, 0.2) is 0 Å². The van der Waals surface area contributed by atoms with Gasteiger partial charge in [0.2, 0.25) is 0 Å². The van der Waals surface area contributed by atoms with Gasteiger partial charge < -0.3 is 13.3 Å². The molecule has 0 N–H and O–H groups in total. The van der Waals surface area contributed by atoms with Gasteiger partial charge in [-0.2, -0.15) is 0 Å². The van der Waals surface area contributed by atoms with Gasteiger partial charge in [0, 0.05) is 26.9 Å². The van der Waals surface area contributed by atoms with Gasteiger partial charge in [-0.05, 0) is 13.8 Å². The van der Waals surface area contributed by atoms with Crippen LogP contribution in [0.25, 0.3) is 0 Å². The number of hydrogen-bond donors (Lipinski definition) is 0. The van der Waals surface area contributed by atoms with Crippen LogP contribution in [0.1, 0.15) is 13.8 Å². The Labute approximate surface area is 75.7 Å². The lowest BCUT2D eigenvalue weighted by atomic mass is 10.6. The molecule has 0 spiro atoms. The predicted molar refractivity (Wildman–Crippen MR) is 51.0 cm³/mol. The van der Waals surface area contributed by atoms with E-state index in [1.165, 1.54) is 0 Å². The second-order valence-electron chi connectivity index (χ2n) is 2.30. The van der Waals surface area contributed by atoms with Crippen LogP contribution < -0.4 is 0 Å². The molecular formula is C8H18O3Si. The van der Waals surface area contributed by atoms with Gasteiger partial charge in [0.05, 0.1) is 0 Å². The molecule has 0 aromatic rings. The summed E-state index contributed by atoms with van der Waals surface area (Å²) in [5, 5.41) is 0. The minimum atomic E-state index is -2.35. The average Bonchev–Trinajstić information content (AvgIpc) is 2.13. The maximum absolute atomic E-state index is 5.47. The number of hydrogen-bond acceptors (Lipinski definition) is 3. The Morgan fingerprint density at radius 1 is 1.25 bits per heavy atom. The van der Waals surface area contributed by atoms with Gasteiger partial charge >= 0.3 is 8.80 Å². The predicted octanol–water partition coefficient (Wildman–Crippen LogP) is 1.83. The molecule has 0 bridgehead atoms. The third kappa shape index (κ3) is 3.49. The van der Waals surface area contributed by atoms with Crippen molar-refractivity contribution >= 4 is 8.80 Å². The molecule has 3 nitrogen and oxygen atoms in total. The first-order valence-electron chi connectivity index (χ1n) is 4.10. The van der Waals surface area contributed by atoms with Crippen molar-refractivity contribution in [3.63, 3.8) is 0 Å². The van der Waals surface area contributed by atoms with Crippen molar-refractivity contribution in [2.75, 3.05) is 20.8 Å². The lowest BCUT2D eigenvalue weighted by Gasteiger charge is -2.24. The topological polar surface area (TPSA) is 27.7 Å². The minimum Gasteiger partial charge on any atom is -0.377 e. The molecule has 0 aliphatic heterocycles. The van der Waals surface area contributed by atoms with Crippen LogP contribution in [-0.2, 0) is 13.3 Å². The van der Waals surface area contributed by atoms with E-state index in [0.29, 0.717) is 6.61 Å². The fourth-order valence-electron chi connectivity index (χ4n) is 0.909. The van der Waals surface area contributed by atoms with E-state index in [9.17, 15) is 0 Å². The van der Waals surface area contributed by atoms with Gasteiger partial charge in [-0.1, -0.05) is 12.2 Å². The molecular weight excluding hydrogens is 172 g/mol. The van der Waals surface area contributed by atoms with E-state index in [2.05, 4.69) is 0 Å². The highest BCUT2D eigenvalue weighted by Crippen LogP contribution is 2.13. The monoisotopic (exact) mass is 190 g/mol. The van der Waals surface area contributed by atoms with Crippen LogP contribution in [0.5, 0.6) is 0 Å². The van der Waals surface area contributed by atoms with Gasteiger partial charge in [-0.25, -0.2) is 0 Å². The van der Waals surface area contributed by atoms with Crippen molar-refractivity contribution in [3.05, 3.63) is 12.2 Å². The molecule has 0 heterocycles. The molecule has 0 radical (unpaired) electrons. The highest BCUT2D eigenvalue weighted by molar-refractivity contribution is 6.61. The van der Waals surface area contributed by atoms with Crippen LogP contribution in [0.2, 0.25) is 6.04 Å². The van der Waals surface area contributed by atoms with Crippen LogP contribution in [0.4, 0.5) is 0 Å². The van der Waals surface area contributed by atoms with Crippen molar-refractivity contribution in [2.45, 2.75) is 19.9 Å². The summed E-state index contributed by atoms with van der Waals surface area (Å²) in [6, 6.07) is 0.740. The molecule has 0 amide bonds. The van der Waals surface area contributed by atoms with Crippen LogP contribution >= 0.6 is 0 Å². The molecule has 0 saturated heterocycles. The van der Waals surface area contributed by atoms with E-state index in [-0.39, 0.29) is 0 Å². The minimum absolute atomic E-state index is 0.630. The van der Waals surface area contributed by atoms with E-state index >= 15 is 0 Å². The molecule has 0 aliphatic rings. The average molecular weight is 190 g/mol. The summed E-state index contributed by atoms with van der Waals surface area (Å²) in [6.45, 7) is 4.54. The summed E-state index contributed by atoms with van der Waals surface area (Å²) >= 11 is 0. The third-order valence-corrected chi connectivity index (χ3v) is 4.30. The van der Waals surface area contributed by atoms with Gasteiger partial charge in [0.25, 0.3) is 0 Å². The molecule has 0 fully saturated rings. The normalized spacial score (nSPS) is 12.7. The van der Waals surface area contributed by atoms with Crippen LogP contribution in [0.3, 0.4) is 0 Å². The summed E-state index contributed by atoms with van der Waals surface area (Å²) in [6.07, 6.45) is 3.98. The van der Waals surface area contributed by atoms with E-state index in [1.54, 1.807) is 14.2 Å². The summed E-state index contributed by atoms with van der Waals surface area (Å²) in [5.74, 6) is 0. The van der Waals surface area contributed by atoms with Crippen molar-refractivity contribution in [3.8, 4) is 0 Å². The van der Waals surface area contributed by atoms with Gasteiger partial charge in [0.1, 0.15) is 0 Å². The molecule has 72 valence electrons. The van der Waals surface area contributed by atoms with Crippen LogP contribution in [-0.4, -0.2) is 29.6 Å². The maximum atomic E-state index is 5.47. The van der Waals surface area contributed by atoms with Crippen molar-refractivity contribution in [1.82, 2.24) is 0 Å². The molecule has 4 heteroatoms.